The van der Waals surface area contributed by atoms with E-state index in [-0.39, 0.29) is 5.97 Å². The maximum Gasteiger partial charge on any atom is 0.305 e. The zero-order chi connectivity index (χ0) is 37.1. The molecule has 0 aromatic heterocycles. The van der Waals surface area contributed by atoms with E-state index in [0.717, 1.165) is 19.3 Å². The summed E-state index contributed by atoms with van der Waals surface area (Å²) >= 11 is 0. The van der Waals surface area contributed by atoms with Gasteiger partial charge in [-0.3, -0.25) is 4.79 Å². The first-order valence-electron chi connectivity index (χ1n) is 23.7. The first-order valence-corrected chi connectivity index (χ1v) is 23.7. The number of carbonyl (C=O) groups excluding carboxylic acids is 1. The molecule has 51 heavy (non-hydrogen) atoms. The SMILES string of the molecule is CCCCCCCCCCCCCC(=O)OCCC/C(=C/CCN(CCCCCCCCC)CCCCCCCCC)CCCCCCCCC. The van der Waals surface area contributed by atoms with E-state index >= 15 is 0 Å². The van der Waals surface area contributed by atoms with Crippen LogP contribution in [0.4, 0.5) is 0 Å². The molecule has 0 aliphatic heterocycles. The monoisotopic (exact) mass is 718 g/mol. The minimum absolute atomic E-state index is 0.0231. The molecule has 0 spiro atoms. The molecule has 0 saturated carbocycles. The van der Waals surface area contributed by atoms with E-state index < -0.39 is 0 Å². The molecule has 3 nitrogen and oxygen atoms in total. The van der Waals surface area contributed by atoms with Gasteiger partial charge in [-0.25, -0.2) is 0 Å². The number of hydrogen-bond acceptors (Lipinski definition) is 3. The number of hydrogen-bond donors (Lipinski definition) is 0. The predicted molar refractivity (Wildman–Crippen MR) is 229 cm³/mol. The van der Waals surface area contributed by atoms with E-state index in [1.54, 1.807) is 5.57 Å². The smallest absolute Gasteiger partial charge is 0.305 e. The summed E-state index contributed by atoms with van der Waals surface area (Å²) in [6.45, 7) is 13.6. The molecule has 0 aliphatic carbocycles. The summed E-state index contributed by atoms with van der Waals surface area (Å²) in [7, 11) is 0. The van der Waals surface area contributed by atoms with Crippen LogP contribution in [0.25, 0.3) is 0 Å². The van der Waals surface area contributed by atoms with Gasteiger partial charge in [0.15, 0.2) is 0 Å². The largest absolute Gasteiger partial charge is 0.466 e. The molecular formula is C48H95NO2. The lowest BCUT2D eigenvalue weighted by atomic mass is 10.0. The molecule has 0 rings (SSSR count). The van der Waals surface area contributed by atoms with Crippen molar-refractivity contribution in [1.82, 2.24) is 4.90 Å². The Bertz CT molecular complexity index is 685. The Hall–Kier alpha value is -0.830. The molecule has 0 bridgehead atoms. The van der Waals surface area contributed by atoms with Crippen molar-refractivity contribution in [2.45, 2.75) is 265 Å². The average Bonchev–Trinajstić information content (AvgIpc) is 3.13. The van der Waals surface area contributed by atoms with Crippen molar-refractivity contribution in [1.29, 1.82) is 0 Å². The molecule has 0 atom stereocenters. The minimum Gasteiger partial charge on any atom is -0.466 e. The molecule has 304 valence electrons. The quantitative estimate of drug-likeness (QED) is 0.0357. The molecule has 3 heteroatoms. The van der Waals surface area contributed by atoms with Crippen LogP contribution in [0.15, 0.2) is 11.6 Å². The molecule has 0 aliphatic rings. The van der Waals surface area contributed by atoms with E-state index in [9.17, 15) is 4.79 Å². The Kier molecular flexibility index (Phi) is 42.9. The van der Waals surface area contributed by atoms with Gasteiger partial charge in [0.05, 0.1) is 6.61 Å². The lowest BCUT2D eigenvalue weighted by Gasteiger charge is -2.22. The van der Waals surface area contributed by atoms with Crippen LogP contribution in [-0.2, 0) is 9.53 Å². The number of rotatable bonds is 43. The van der Waals surface area contributed by atoms with Crippen molar-refractivity contribution >= 4 is 5.97 Å². The van der Waals surface area contributed by atoms with Gasteiger partial charge >= 0.3 is 5.97 Å². The van der Waals surface area contributed by atoms with Gasteiger partial charge in [0, 0.05) is 13.0 Å². The van der Waals surface area contributed by atoms with Crippen LogP contribution < -0.4 is 0 Å². The van der Waals surface area contributed by atoms with E-state index in [1.807, 2.05) is 0 Å². The zero-order valence-electron chi connectivity index (χ0n) is 35.8. The highest BCUT2D eigenvalue weighted by molar-refractivity contribution is 5.69. The van der Waals surface area contributed by atoms with Crippen LogP contribution in [0.2, 0.25) is 0 Å². The molecule has 0 fully saturated rings. The van der Waals surface area contributed by atoms with Crippen molar-refractivity contribution in [2.24, 2.45) is 0 Å². The summed E-state index contributed by atoms with van der Waals surface area (Å²) in [6, 6.07) is 0. The van der Waals surface area contributed by atoms with Gasteiger partial charge in [-0.2, -0.15) is 0 Å². The standard InChI is InChI=1S/C48H95NO2/c1-5-9-13-17-21-22-23-24-26-30-34-42-48(50)51-46-38-41-47(39-33-29-25-18-14-10-6-2)40-37-45-49(43-35-31-27-19-15-11-7-3)44-36-32-28-20-16-12-8-4/h40H,5-39,41-46H2,1-4H3/b47-40+. The third kappa shape index (κ3) is 40.2. The van der Waals surface area contributed by atoms with Crippen LogP contribution >= 0.6 is 0 Å². The second kappa shape index (κ2) is 43.6. The van der Waals surface area contributed by atoms with Crippen molar-refractivity contribution < 1.29 is 9.53 Å². The number of ether oxygens (including phenoxy) is 1. The van der Waals surface area contributed by atoms with E-state index in [4.69, 9.17) is 4.74 Å². The molecular weight excluding hydrogens is 623 g/mol. The van der Waals surface area contributed by atoms with Crippen molar-refractivity contribution in [3.63, 3.8) is 0 Å². The summed E-state index contributed by atoms with van der Waals surface area (Å²) in [5.41, 5.74) is 1.62. The fourth-order valence-electron chi connectivity index (χ4n) is 7.50. The normalized spacial score (nSPS) is 12.0. The minimum atomic E-state index is 0.0231. The van der Waals surface area contributed by atoms with Gasteiger partial charge < -0.3 is 9.64 Å². The van der Waals surface area contributed by atoms with Gasteiger partial charge in [0.1, 0.15) is 0 Å². The summed E-state index contributed by atoms with van der Waals surface area (Å²) in [6.07, 6.45) is 51.2. The first-order chi connectivity index (χ1) is 25.2. The van der Waals surface area contributed by atoms with Crippen molar-refractivity contribution in [2.75, 3.05) is 26.2 Å². The molecule has 0 radical (unpaired) electrons. The third-order valence-corrected chi connectivity index (χ3v) is 11.0. The first kappa shape index (κ1) is 50.2. The fourth-order valence-corrected chi connectivity index (χ4v) is 7.50. The topological polar surface area (TPSA) is 29.5 Å². The summed E-state index contributed by atoms with van der Waals surface area (Å²) in [4.78, 5) is 15.2. The van der Waals surface area contributed by atoms with Crippen LogP contribution in [0.3, 0.4) is 0 Å². The Balaban J connectivity index is 4.62. The molecule has 0 unspecified atom stereocenters. The number of nitrogens with zero attached hydrogens (tertiary/aromatic N) is 1. The number of unbranched alkanes of at least 4 members (excludes halogenated alkanes) is 28. The lowest BCUT2D eigenvalue weighted by Crippen LogP contribution is -2.27. The van der Waals surface area contributed by atoms with Gasteiger partial charge in [0.25, 0.3) is 0 Å². The third-order valence-electron chi connectivity index (χ3n) is 11.0. The molecule has 0 N–H and O–H groups in total. The Morgan fingerprint density at radius 3 is 1.14 bits per heavy atom. The molecule has 0 aromatic carbocycles. The zero-order valence-corrected chi connectivity index (χ0v) is 35.8. The molecule has 0 saturated heterocycles. The lowest BCUT2D eigenvalue weighted by molar-refractivity contribution is -0.143. The summed E-state index contributed by atoms with van der Waals surface area (Å²) in [5.74, 6) is 0.0231. The van der Waals surface area contributed by atoms with Gasteiger partial charge in [-0.1, -0.05) is 219 Å². The number of allylic oxidation sites excluding steroid dienone is 1. The van der Waals surface area contributed by atoms with Gasteiger partial charge in [-0.15, -0.1) is 0 Å². The van der Waals surface area contributed by atoms with Gasteiger partial charge in [0.2, 0.25) is 0 Å². The molecule has 0 amide bonds. The highest BCUT2D eigenvalue weighted by Crippen LogP contribution is 2.19. The second-order valence-electron chi connectivity index (χ2n) is 16.2. The van der Waals surface area contributed by atoms with Crippen LogP contribution in [0, 0.1) is 0 Å². The van der Waals surface area contributed by atoms with Crippen LogP contribution in [-0.4, -0.2) is 37.1 Å². The molecule has 0 aromatic rings. The Morgan fingerprint density at radius 2 is 0.725 bits per heavy atom. The van der Waals surface area contributed by atoms with Crippen LogP contribution in [0.5, 0.6) is 0 Å². The van der Waals surface area contributed by atoms with E-state index in [1.165, 1.54) is 232 Å². The number of carbonyl (C=O) groups is 1. The predicted octanol–water partition coefficient (Wildman–Crippen LogP) is 16.3. The van der Waals surface area contributed by atoms with Crippen LogP contribution in [0.1, 0.15) is 265 Å². The van der Waals surface area contributed by atoms with Crippen molar-refractivity contribution in [3.8, 4) is 0 Å². The fraction of sp³-hybridized carbons (Fsp3) is 0.938. The highest BCUT2D eigenvalue weighted by Gasteiger charge is 2.07. The average molecular weight is 718 g/mol. The van der Waals surface area contributed by atoms with Crippen molar-refractivity contribution in [3.05, 3.63) is 11.6 Å². The van der Waals surface area contributed by atoms with Gasteiger partial charge in [-0.05, 0) is 64.5 Å². The number of esters is 1. The maximum atomic E-state index is 12.4. The molecule has 0 heterocycles. The highest BCUT2D eigenvalue weighted by atomic mass is 16.5. The maximum absolute atomic E-state index is 12.4. The summed E-state index contributed by atoms with van der Waals surface area (Å²) < 4.78 is 5.70. The summed E-state index contributed by atoms with van der Waals surface area (Å²) in [5, 5.41) is 0. The van der Waals surface area contributed by atoms with E-state index in [2.05, 4.69) is 38.7 Å². The van der Waals surface area contributed by atoms with E-state index in [0.29, 0.717) is 13.0 Å². The second-order valence-corrected chi connectivity index (χ2v) is 16.2. The Morgan fingerprint density at radius 1 is 0.392 bits per heavy atom. The Labute approximate surface area is 322 Å².